The van der Waals surface area contributed by atoms with Gasteiger partial charge in [-0.05, 0) is 43.3 Å². The standard InChI is InChI=1S/C25H32N2O4S/c1-3-5-11-18-31-22-15-10-9-14-21(22)24(29)26-25(32)27(17-16-23(28)30-4-2)19-20-12-7-6-8-13-20/h6-10,12-15H,3-5,11,16-19H2,1-2H3,(H,26,29,32). The lowest BCUT2D eigenvalue weighted by Gasteiger charge is -2.25. The van der Waals surface area contributed by atoms with Crippen LogP contribution in [0.3, 0.4) is 0 Å². The fraction of sp³-hybridized carbons (Fsp3) is 0.400. The molecular formula is C25H32N2O4S. The summed E-state index contributed by atoms with van der Waals surface area (Å²) in [7, 11) is 0. The number of nitrogens with one attached hydrogen (secondary N) is 1. The van der Waals surface area contributed by atoms with Crippen LogP contribution in [-0.2, 0) is 16.1 Å². The largest absolute Gasteiger partial charge is 0.493 e. The lowest BCUT2D eigenvalue weighted by Crippen LogP contribution is -2.43. The molecule has 0 unspecified atom stereocenters. The first-order chi connectivity index (χ1) is 15.5. The molecule has 1 amide bonds. The molecule has 1 N–H and O–H groups in total. The van der Waals surface area contributed by atoms with Crippen molar-refractivity contribution in [2.75, 3.05) is 19.8 Å². The fourth-order valence-electron chi connectivity index (χ4n) is 3.07. The van der Waals surface area contributed by atoms with Crippen molar-refractivity contribution in [3.63, 3.8) is 0 Å². The highest BCUT2D eigenvalue weighted by Gasteiger charge is 2.18. The van der Waals surface area contributed by atoms with Crippen LogP contribution >= 0.6 is 12.2 Å². The van der Waals surface area contributed by atoms with Crippen molar-refractivity contribution >= 4 is 29.2 Å². The summed E-state index contributed by atoms with van der Waals surface area (Å²) in [5, 5.41) is 3.05. The average molecular weight is 457 g/mol. The molecule has 0 bridgehead atoms. The quantitative estimate of drug-likeness (QED) is 0.283. The van der Waals surface area contributed by atoms with E-state index in [1.54, 1.807) is 30.0 Å². The first kappa shape index (κ1) is 25.3. The summed E-state index contributed by atoms with van der Waals surface area (Å²) in [6.07, 6.45) is 3.29. The van der Waals surface area contributed by atoms with Gasteiger partial charge >= 0.3 is 5.97 Å². The number of para-hydroxylation sites is 1. The Morgan fingerprint density at radius 3 is 2.44 bits per heavy atom. The number of nitrogens with zero attached hydrogens (tertiary/aromatic N) is 1. The highest BCUT2D eigenvalue weighted by molar-refractivity contribution is 7.80. The summed E-state index contributed by atoms with van der Waals surface area (Å²) in [5.41, 5.74) is 1.45. The van der Waals surface area contributed by atoms with E-state index >= 15 is 0 Å². The van der Waals surface area contributed by atoms with Gasteiger partial charge in [0.05, 0.1) is 25.2 Å². The highest BCUT2D eigenvalue weighted by Crippen LogP contribution is 2.18. The molecule has 0 radical (unpaired) electrons. The van der Waals surface area contributed by atoms with Crippen molar-refractivity contribution < 1.29 is 19.1 Å². The first-order valence-corrected chi connectivity index (χ1v) is 11.5. The second-order valence-electron chi connectivity index (χ2n) is 7.27. The predicted octanol–water partition coefficient (Wildman–Crippen LogP) is 4.73. The molecule has 0 atom stereocenters. The number of benzene rings is 2. The third kappa shape index (κ3) is 8.67. The number of esters is 1. The molecule has 0 aliphatic heterocycles. The molecule has 2 rings (SSSR count). The van der Waals surface area contributed by atoms with E-state index in [4.69, 9.17) is 21.7 Å². The van der Waals surface area contributed by atoms with Crippen LogP contribution < -0.4 is 10.1 Å². The van der Waals surface area contributed by atoms with Gasteiger partial charge in [0, 0.05) is 13.1 Å². The predicted molar refractivity (Wildman–Crippen MR) is 130 cm³/mol. The summed E-state index contributed by atoms with van der Waals surface area (Å²) < 4.78 is 10.9. The van der Waals surface area contributed by atoms with Gasteiger partial charge in [0.25, 0.3) is 5.91 Å². The fourth-order valence-corrected chi connectivity index (χ4v) is 3.32. The molecule has 0 fully saturated rings. The second-order valence-corrected chi connectivity index (χ2v) is 7.66. The molecule has 32 heavy (non-hydrogen) atoms. The topological polar surface area (TPSA) is 67.9 Å². The molecule has 0 saturated heterocycles. The van der Waals surface area contributed by atoms with Crippen LogP contribution in [-0.4, -0.2) is 41.6 Å². The van der Waals surface area contributed by atoms with E-state index in [1.165, 1.54) is 0 Å². The first-order valence-electron chi connectivity index (χ1n) is 11.1. The van der Waals surface area contributed by atoms with E-state index in [0.717, 1.165) is 24.8 Å². The summed E-state index contributed by atoms with van der Waals surface area (Å²) in [4.78, 5) is 26.6. The minimum atomic E-state index is -0.338. The zero-order valence-corrected chi connectivity index (χ0v) is 19.7. The number of carbonyl (C=O) groups excluding carboxylic acids is 2. The van der Waals surface area contributed by atoms with Crippen LogP contribution in [0.15, 0.2) is 54.6 Å². The number of rotatable bonds is 12. The summed E-state index contributed by atoms with van der Waals surface area (Å²) in [6, 6.07) is 16.9. The smallest absolute Gasteiger partial charge is 0.307 e. The maximum Gasteiger partial charge on any atom is 0.307 e. The Kier molecular flexibility index (Phi) is 11.2. The molecule has 0 saturated carbocycles. The van der Waals surface area contributed by atoms with Crippen LogP contribution in [0.2, 0.25) is 0 Å². The number of hydrogen-bond acceptors (Lipinski definition) is 5. The SMILES string of the molecule is CCCCCOc1ccccc1C(=O)NC(=S)N(CCC(=O)OCC)Cc1ccccc1. The lowest BCUT2D eigenvalue weighted by molar-refractivity contribution is -0.143. The van der Waals surface area contributed by atoms with Gasteiger partial charge in [0.15, 0.2) is 5.11 Å². The van der Waals surface area contributed by atoms with E-state index in [2.05, 4.69) is 12.2 Å². The molecule has 2 aromatic rings. The molecule has 0 aliphatic carbocycles. The van der Waals surface area contributed by atoms with Gasteiger partial charge in [0.1, 0.15) is 5.75 Å². The molecule has 6 nitrogen and oxygen atoms in total. The van der Waals surface area contributed by atoms with Gasteiger partial charge < -0.3 is 14.4 Å². The lowest BCUT2D eigenvalue weighted by atomic mass is 10.2. The minimum Gasteiger partial charge on any atom is -0.493 e. The molecule has 2 aromatic carbocycles. The molecule has 0 spiro atoms. The Bertz CT molecular complexity index is 873. The Morgan fingerprint density at radius 2 is 1.72 bits per heavy atom. The molecule has 172 valence electrons. The highest BCUT2D eigenvalue weighted by atomic mass is 32.1. The van der Waals surface area contributed by atoms with Crippen molar-refractivity contribution in [3.8, 4) is 5.75 Å². The minimum absolute atomic E-state index is 0.174. The van der Waals surface area contributed by atoms with Crippen molar-refractivity contribution in [1.29, 1.82) is 0 Å². The number of amides is 1. The van der Waals surface area contributed by atoms with Gasteiger partial charge in [-0.15, -0.1) is 0 Å². The summed E-state index contributed by atoms with van der Waals surface area (Å²) in [5.74, 6) is -0.106. The van der Waals surface area contributed by atoms with Crippen molar-refractivity contribution in [2.24, 2.45) is 0 Å². The summed E-state index contributed by atoms with van der Waals surface area (Å²) in [6.45, 7) is 5.59. The average Bonchev–Trinajstić information content (AvgIpc) is 2.80. The molecule has 7 heteroatoms. The number of carbonyl (C=O) groups is 2. The Morgan fingerprint density at radius 1 is 1.00 bits per heavy atom. The van der Waals surface area contributed by atoms with E-state index in [-0.39, 0.29) is 23.4 Å². The monoisotopic (exact) mass is 456 g/mol. The van der Waals surface area contributed by atoms with E-state index in [1.807, 2.05) is 36.4 Å². The zero-order chi connectivity index (χ0) is 23.2. The van der Waals surface area contributed by atoms with Crippen LogP contribution in [0.1, 0.15) is 55.5 Å². The maximum absolute atomic E-state index is 13.0. The van der Waals surface area contributed by atoms with Crippen molar-refractivity contribution in [1.82, 2.24) is 10.2 Å². The normalized spacial score (nSPS) is 10.3. The molecule has 0 aliphatic rings. The number of thiocarbonyl (C=S) groups is 1. The Hall–Kier alpha value is -2.93. The molecule has 0 heterocycles. The van der Waals surface area contributed by atoms with Gasteiger partial charge in [-0.25, -0.2) is 0 Å². The van der Waals surface area contributed by atoms with Crippen LogP contribution in [0.25, 0.3) is 0 Å². The Labute approximate surface area is 195 Å². The molecule has 0 aromatic heterocycles. The van der Waals surface area contributed by atoms with Gasteiger partial charge in [-0.3, -0.25) is 14.9 Å². The van der Waals surface area contributed by atoms with E-state index in [9.17, 15) is 9.59 Å². The second kappa shape index (κ2) is 14.2. The maximum atomic E-state index is 13.0. The van der Waals surface area contributed by atoms with Gasteiger partial charge in [-0.2, -0.15) is 0 Å². The van der Waals surface area contributed by atoms with Crippen LogP contribution in [0.5, 0.6) is 5.75 Å². The zero-order valence-electron chi connectivity index (χ0n) is 18.8. The van der Waals surface area contributed by atoms with Gasteiger partial charge in [-0.1, -0.05) is 62.2 Å². The van der Waals surface area contributed by atoms with Crippen molar-refractivity contribution in [3.05, 3.63) is 65.7 Å². The third-order valence-electron chi connectivity index (χ3n) is 4.75. The van der Waals surface area contributed by atoms with Crippen molar-refractivity contribution in [2.45, 2.75) is 46.1 Å². The molecular weight excluding hydrogens is 424 g/mol. The van der Waals surface area contributed by atoms with Crippen LogP contribution in [0, 0.1) is 0 Å². The summed E-state index contributed by atoms with van der Waals surface area (Å²) >= 11 is 5.53. The Balaban J connectivity index is 2.07. The number of unbranched alkanes of at least 4 members (excludes halogenated alkanes) is 2. The third-order valence-corrected chi connectivity index (χ3v) is 5.11. The number of ether oxygens (including phenoxy) is 2. The van der Waals surface area contributed by atoms with Crippen LogP contribution in [0.4, 0.5) is 0 Å². The number of hydrogen-bond donors (Lipinski definition) is 1. The van der Waals surface area contributed by atoms with E-state index in [0.29, 0.717) is 37.6 Å². The van der Waals surface area contributed by atoms with Gasteiger partial charge in [0.2, 0.25) is 0 Å². The van der Waals surface area contributed by atoms with E-state index < -0.39 is 0 Å².